The summed E-state index contributed by atoms with van der Waals surface area (Å²) in [5.41, 5.74) is -0.724. The van der Waals surface area contributed by atoms with Crippen molar-refractivity contribution in [3.05, 3.63) is 11.6 Å². The highest BCUT2D eigenvalue weighted by molar-refractivity contribution is 5.96. The SMILES string of the molecule is CC1(C)OCC(CNC(=O)C2=CC(C)(C)N(O)C2(C)C)O1. The van der Waals surface area contributed by atoms with Gasteiger partial charge in [0, 0.05) is 12.1 Å². The maximum absolute atomic E-state index is 12.4. The molecule has 1 fully saturated rings. The highest BCUT2D eigenvalue weighted by Gasteiger charge is 2.47. The molecule has 1 amide bonds. The Morgan fingerprint density at radius 1 is 1.38 bits per heavy atom. The summed E-state index contributed by atoms with van der Waals surface area (Å²) in [7, 11) is 0. The zero-order valence-electron chi connectivity index (χ0n) is 13.7. The molecule has 2 aliphatic rings. The van der Waals surface area contributed by atoms with Crippen LogP contribution >= 0.6 is 0 Å². The molecule has 2 rings (SSSR count). The molecule has 0 bridgehead atoms. The first-order valence-electron chi connectivity index (χ1n) is 7.28. The van der Waals surface area contributed by atoms with Crippen LogP contribution in [0.2, 0.25) is 0 Å². The number of rotatable bonds is 3. The van der Waals surface area contributed by atoms with Gasteiger partial charge < -0.3 is 20.0 Å². The van der Waals surface area contributed by atoms with E-state index < -0.39 is 16.9 Å². The second-order valence-corrected chi connectivity index (χ2v) is 7.24. The number of carbonyl (C=O) groups is 1. The average molecular weight is 298 g/mol. The van der Waals surface area contributed by atoms with Crippen LogP contribution in [-0.2, 0) is 14.3 Å². The van der Waals surface area contributed by atoms with E-state index in [-0.39, 0.29) is 12.0 Å². The van der Waals surface area contributed by atoms with E-state index in [1.165, 1.54) is 5.06 Å². The van der Waals surface area contributed by atoms with E-state index in [1.54, 1.807) is 6.08 Å². The van der Waals surface area contributed by atoms with Gasteiger partial charge in [-0.1, -0.05) is 6.08 Å². The van der Waals surface area contributed by atoms with Gasteiger partial charge in [0.1, 0.15) is 6.10 Å². The van der Waals surface area contributed by atoms with Crippen molar-refractivity contribution in [3.8, 4) is 0 Å². The molecule has 0 aliphatic carbocycles. The van der Waals surface area contributed by atoms with Crippen molar-refractivity contribution in [2.24, 2.45) is 0 Å². The van der Waals surface area contributed by atoms with Gasteiger partial charge in [-0.2, -0.15) is 5.06 Å². The van der Waals surface area contributed by atoms with Crippen LogP contribution in [0.5, 0.6) is 0 Å². The lowest BCUT2D eigenvalue weighted by Gasteiger charge is -2.35. The fraction of sp³-hybridized carbons (Fsp3) is 0.800. The molecule has 21 heavy (non-hydrogen) atoms. The number of hydrogen-bond donors (Lipinski definition) is 2. The molecule has 6 heteroatoms. The standard InChI is InChI=1S/C15H26N2O4/c1-13(2)7-11(14(3,4)17(13)19)12(18)16-8-10-9-20-15(5,6)21-10/h7,10,19H,8-9H2,1-6H3,(H,16,18). The van der Waals surface area contributed by atoms with E-state index >= 15 is 0 Å². The monoisotopic (exact) mass is 298 g/mol. The maximum atomic E-state index is 12.4. The molecule has 120 valence electrons. The molecule has 2 heterocycles. The maximum Gasteiger partial charge on any atom is 0.249 e. The molecule has 0 aromatic carbocycles. The van der Waals surface area contributed by atoms with Crippen molar-refractivity contribution in [2.45, 2.75) is 64.5 Å². The molecule has 2 N–H and O–H groups in total. The van der Waals surface area contributed by atoms with E-state index in [2.05, 4.69) is 5.32 Å². The summed E-state index contributed by atoms with van der Waals surface area (Å²) >= 11 is 0. The topological polar surface area (TPSA) is 71.0 Å². The molecule has 1 saturated heterocycles. The van der Waals surface area contributed by atoms with Crippen LogP contribution in [-0.4, -0.2) is 52.3 Å². The van der Waals surface area contributed by atoms with Gasteiger partial charge in [0.2, 0.25) is 5.91 Å². The third kappa shape index (κ3) is 3.13. The smallest absolute Gasteiger partial charge is 0.249 e. The lowest BCUT2D eigenvalue weighted by molar-refractivity contribution is -0.186. The highest BCUT2D eigenvalue weighted by Crippen LogP contribution is 2.38. The molecule has 0 aromatic rings. The molecule has 0 aromatic heterocycles. The van der Waals surface area contributed by atoms with Gasteiger partial charge in [-0.05, 0) is 41.5 Å². The van der Waals surface area contributed by atoms with Crippen LogP contribution in [0.4, 0.5) is 0 Å². The van der Waals surface area contributed by atoms with Crippen molar-refractivity contribution in [2.75, 3.05) is 13.2 Å². The second-order valence-electron chi connectivity index (χ2n) is 7.24. The van der Waals surface area contributed by atoms with E-state index in [1.807, 2.05) is 41.5 Å². The highest BCUT2D eigenvalue weighted by atomic mass is 16.7. The van der Waals surface area contributed by atoms with Crippen LogP contribution in [0.15, 0.2) is 11.6 Å². The molecular formula is C15H26N2O4. The van der Waals surface area contributed by atoms with Crippen LogP contribution < -0.4 is 5.32 Å². The Hall–Kier alpha value is -0.950. The number of hydrogen-bond acceptors (Lipinski definition) is 5. The summed E-state index contributed by atoms with van der Waals surface area (Å²) in [5, 5.41) is 14.3. The van der Waals surface area contributed by atoms with E-state index in [0.29, 0.717) is 18.7 Å². The van der Waals surface area contributed by atoms with Gasteiger partial charge >= 0.3 is 0 Å². The Labute approximate surface area is 126 Å². The summed E-state index contributed by atoms with van der Waals surface area (Å²) in [4.78, 5) is 12.4. The summed E-state index contributed by atoms with van der Waals surface area (Å²) in [6.07, 6.45) is 1.66. The minimum absolute atomic E-state index is 0.146. The van der Waals surface area contributed by atoms with Crippen molar-refractivity contribution >= 4 is 5.91 Å². The summed E-state index contributed by atoms with van der Waals surface area (Å²) in [6, 6.07) is 0. The molecule has 0 spiro atoms. The number of ether oxygens (including phenoxy) is 2. The Morgan fingerprint density at radius 3 is 2.43 bits per heavy atom. The first-order valence-corrected chi connectivity index (χ1v) is 7.28. The van der Waals surface area contributed by atoms with Gasteiger partial charge in [-0.15, -0.1) is 0 Å². The quantitative estimate of drug-likeness (QED) is 0.825. The summed E-state index contributed by atoms with van der Waals surface area (Å²) in [6.45, 7) is 11.9. The zero-order valence-corrected chi connectivity index (χ0v) is 13.7. The Kier molecular flexibility index (Phi) is 3.95. The predicted octanol–water partition coefficient (Wildman–Crippen LogP) is 1.44. The van der Waals surface area contributed by atoms with E-state index in [9.17, 15) is 10.0 Å². The summed E-state index contributed by atoms with van der Waals surface area (Å²) < 4.78 is 11.1. The van der Waals surface area contributed by atoms with Crippen molar-refractivity contribution in [3.63, 3.8) is 0 Å². The number of hydroxylamine groups is 2. The number of amides is 1. The van der Waals surface area contributed by atoms with E-state index in [4.69, 9.17) is 9.47 Å². The summed E-state index contributed by atoms with van der Waals surface area (Å²) in [5.74, 6) is -0.775. The van der Waals surface area contributed by atoms with E-state index in [0.717, 1.165) is 0 Å². The fourth-order valence-electron chi connectivity index (χ4n) is 2.93. The minimum atomic E-state index is -0.722. The second kappa shape index (κ2) is 5.05. The van der Waals surface area contributed by atoms with Crippen LogP contribution in [0.25, 0.3) is 0 Å². The van der Waals surface area contributed by atoms with Gasteiger partial charge in [-0.3, -0.25) is 4.79 Å². The molecular weight excluding hydrogens is 272 g/mol. The average Bonchev–Trinajstić information content (AvgIpc) is 2.78. The van der Waals surface area contributed by atoms with Crippen LogP contribution in [0, 0.1) is 0 Å². The lowest BCUT2D eigenvalue weighted by Crippen LogP contribution is -2.49. The Morgan fingerprint density at radius 2 is 2.00 bits per heavy atom. The van der Waals surface area contributed by atoms with Crippen molar-refractivity contribution in [1.29, 1.82) is 0 Å². The third-order valence-electron chi connectivity index (χ3n) is 4.03. The largest absolute Gasteiger partial charge is 0.350 e. The van der Waals surface area contributed by atoms with Gasteiger partial charge in [0.15, 0.2) is 5.79 Å². The Balaban J connectivity index is 1.98. The zero-order chi connectivity index (χ0) is 16.1. The molecule has 1 atom stereocenters. The third-order valence-corrected chi connectivity index (χ3v) is 4.03. The van der Waals surface area contributed by atoms with Crippen molar-refractivity contribution in [1.82, 2.24) is 10.4 Å². The molecule has 1 unspecified atom stereocenters. The predicted molar refractivity (Wildman–Crippen MR) is 77.8 cm³/mol. The normalized spacial score (nSPS) is 30.2. The van der Waals surface area contributed by atoms with Gasteiger partial charge in [0.25, 0.3) is 0 Å². The molecule has 2 aliphatic heterocycles. The molecule has 6 nitrogen and oxygen atoms in total. The van der Waals surface area contributed by atoms with Gasteiger partial charge in [-0.25, -0.2) is 0 Å². The fourth-order valence-corrected chi connectivity index (χ4v) is 2.93. The number of carbonyl (C=O) groups excluding carboxylic acids is 1. The number of nitrogens with one attached hydrogen (secondary N) is 1. The minimum Gasteiger partial charge on any atom is -0.350 e. The first kappa shape index (κ1) is 16.4. The lowest BCUT2D eigenvalue weighted by atomic mass is 9.96. The Bertz CT molecular complexity index is 468. The van der Waals surface area contributed by atoms with Crippen LogP contribution in [0.3, 0.4) is 0 Å². The van der Waals surface area contributed by atoms with Gasteiger partial charge in [0.05, 0.1) is 17.7 Å². The number of nitrogens with zero attached hydrogens (tertiary/aromatic N) is 1. The molecule has 0 saturated carbocycles. The van der Waals surface area contributed by atoms with Crippen LogP contribution in [0.1, 0.15) is 41.5 Å². The van der Waals surface area contributed by atoms with Crippen molar-refractivity contribution < 1.29 is 19.5 Å². The molecule has 0 radical (unpaired) electrons. The first-order chi connectivity index (χ1) is 9.46.